The molecule has 0 radical (unpaired) electrons. The van der Waals surface area contributed by atoms with Gasteiger partial charge in [-0.2, -0.15) is 0 Å². The molecule has 0 bridgehead atoms. The van der Waals surface area contributed by atoms with Crippen LogP contribution in [0.3, 0.4) is 0 Å². The van der Waals surface area contributed by atoms with Gasteiger partial charge in [-0.3, -0.25) is 0 Å². The van der Waals surface area contributed by atoms with Crippen LogP contribution in [-0.2, 0) is 14.6 Å². The Labute approximate surface area is 128 Å². The molecular formula is C15H15NO5S. The highest BCUT2D eigenvalue weighted by Gasteiger charge is 2.23. The van der Waals surface area contributed by atoms with Crippen LogP contribution >= 0.6 is 0 Å². The molecule has 6 nitrogen and oxygen atoms in total. The number of hydrogen-bond acceptors (Lipinski definition) is 6. The van der Waals surface area contributed by atoms with Gasteiger partial charge in [0, 0.05) is 0 Å². The minimum atomic E-state index is -3.78. The fourth-order valence-electron chi connectivity index (χ4n) is 1.83. The minimum absolute atomic E-state index is 0.0628. The molecule has 2 aromatic rings. The summed E-state index contributed by atoms with van der Waals surface area (Å²) in [4.78, 5) is 15.6. The molecule has 0 unspecified atom stereocenters. The van der Waals surface area contributed by atoms with Crippen molar-refractivity contribution >= 4 is 15.8 Å². The number of benzene rings is 1. The molecule has 0 aliphatic heterocycles. The van der Waals surface area contributed by atoms with E-state index < -0.39 is 15.8 Å². The summed E-state index contributed by atoms with van der Waals surface area (Å²) in [7, 11) is -1.26. The van der Waals surface area contributed by atoms with Crippen molar-refractivity contribution < 1.29 is 22.7 Å². The number of aromatic nitrogens is 1. The summed E-state index contributed by atoms with van der Waals surface area (Å²) >= 11 is 0. The lowest BCUT2D eigenvalue weighted by Gasteiger charge is -2.09. The van der Waals surface area contributed by atoms with Crippen LogP contribution in [0.4, 0.5) is 0 Å². The second-order valence-electron chi connectivity index (χ2n) is 4.51. The largest absolute Gasteiger partial charge is 0.480 e. The van der Waals surface area contributed by atoms with Crippen LogP contribution in [0, 0.1) is 6.92 Å². The van der Waals surface area contributed by atoms with Crippen LogP contribution in [0.2, 0.25) is 0 Å². The van der Waals surface area contributed by atoms with Crippen LogP contribution in [0.25, 0.3) is 0 Å². The average molecular weight is 321 g/mol. The zero-order valence-electron chi connectivity index (χ0n) is 12.4. The van der Waals surface area contributed by atoms with Gasteiger partial charge in [-0.1, -0.05) is 17.7 Å². The number of carbonyl (C=O) groups is 1. The number of nitrogens with zero attached hydrogens (tertiary/aromatic N) is 1. The molecular weight excluding hydrogens is 306 g/mol. The second kappa shape index (κ2) is 6.15. The normalized spacial score (nSPS) is 11.0. The first-order valence-electron chi connectivity index (χ1n) is 6.35. The van der Waals surface area contributed by atoms with E-state index in [0.29, 0.717) is 0 Å². The summed E-state index contributed by atoms with van der Waals surface area (Å²) in [5, 5.41) is -0.194. The molecule has 116 valence electrons. The topological polar surface area (TPSA) is 82.6 Å². The standard InChI is InChI=1S/C15H15NO5S/c1-10-4-6-11(7-5-10)22(18,19)13-9-8-12(15(17)21-3)14(16-13)20-2/h4-9H,1-3H3. The Morgan fingerprint density at radius 3 is 2.23 bits per heavy atom. The highest BCUT2D eigenvalue weighted by molar-refractivity contribution is 7.91. The molecule has 2 rings (SSSR count). The van der Waals surface area contributed by atoms with Crippen molar-refractivity contribution in [1.82, 2.24) is 4.98 Å². The van der Waals surface area contributed by atoms with Gasteiger partial charge in [-0.25, -0.2) is 18.2 Å². The Morgan fingerprint density at radius 2 is 1.68 bits per heavy atom. The van der Waals surface area contributed by atoms with Crippen molar-refractivity contribution in [2.24, 2.45) is 0 Å². The zero-order chi connectivity index (χ0) is 16.3. The first-order valence-corrected chi connectivity index (χ1v) is 7.83. The second-order valence-corrected chi connectivity index (χ2v) is 6.41. The fraction of sp³-hybridized carbons (Fsp3) is 0.200. The van der Waals surface area contributed by atoms with E-state index in [2.05, 4.69) is 9.72 Å². The molecule has 0 amide bonds. The van der Waals surface area contributed by atoms with Crippen molar-refractivity contribution in [3.63, 3.8) is 0 Å². The van der Waals surface area contributed by atoms with Crippen molar-refractivity contribution in [2.75, 3.05) is 14.2 Å². The first-order chi connectivity index (χ1) is 10.4. The maximum Gasteiger partial charge on any atom is 0.343 e. The Morgan fingerprint density at radius 1 is 1.05 bits per heavy atom. The maximum absolute atomic E-state index is 12.5. The minimum Gasteiger partial charge on any atom is -0.480 e. The Balaban J connectivity index is 2.52. The monoisotopic (exact) mass is 321 g/mol. The van der Waals surface area contributed by atoms with Gasteiger partial charge < -0.3 is 9.47 Å². The summed E-state index contributed by atoms with van der Waals surface area (Å²) in [6, 6.07) is 8.99. The van der Waals surface area contributed by atoms with E-state index >= 15 is 0 Å². The number of sulfone groups is 1. The van der Waals surface area contributed by atoms with Crippen LogP contribution in [0.5, 0.6) is 5.88 Å². The smallest absolute Gasteiger partial charge is 0.343 e. The number of methoxy groups -OCH3 is 2. The lowest BCUT2D eigenvalue weighted by molar-refractivity contribution is 0.0596. The molecule has 0 atom stereocenters. The number of pyridine rings is 1. The average Bonchev–Trinajstić information content (AvgIpc) is 2.53. The van der Waals surface area contributed by atoms with Crippen molar-refractivity contribution in [3.8, 4) is 5.88 Å². The number of aryl methyl sites for hydroxylation is 1. The molecule has 0 saturated carbocycles. The van der Waals surface area contributed by atoms with E-state index in [4.69, 9.17) is 4.74 Å². The number of hydrogen-bond donors (Lipinski definition) is 0. The SMILES string of the molecule is COC(=O)c1ccc(S(=O)(=O)c2ccc(C)cc2)nc1OC. The quantitative estimate of drug-likeness (QED) is 0.801. The van der Waals surface area contributed by atoms with Crippen molar-refractivity contribution in [3.05, 3.63) is 47.5 Å². The maximum atomic E-state index is 12.5. The first kappa shape index (κ1) is 16.0. The van der Waals surface area contributed by atoms with E-state index in [0.717, 1.165) is 5.56 Å². The van der Waals surface area contributed by atoms with Gasteiger partial charge in [-0.15, -0.1) is 0 Å². The molecule has 1 aromatic heterocycles. The highest BCUT2D eigenvalue weighted by Crippen LogP contribution is 2.24. The molecule has 1 heterocycles. The molecule has 0 aliphatic rings. The van der Waals surface area contributed by atoms with Gasteiger partial charge >= 0.3 is 5.97 Å². The van der Waals surface area contributed by atoms with E-state index in [1.165, 1.54) is 38.5 Å². The molecule has 0 spiro atoms. The summed E-state index contributed by atoms with van der Waals surface area (Å²) in [5.41, 5.74) is 1.01. The molecule has 0 saturated heterocycles. The summed E-state index contributed by atoms with van der Waals surface area (Å²) < 4.78 is 34.6. The molecule has 0 N–H and O–H groups in total. The molecule has 0 aliphatic carbocycles. The number of carbonyl (C=O) groups excluding carboxylic acids is 1. The molecule has 7 heteroatoms. The summed E-state index contributed by atoms with van der Waals surface area (Å²) in [6.45, 7) is 1.86. The molecule has 22 heavy (non-hydrogen) atoms. The number of rotatable bonds is 4. The Bertz CT molecular complexity index is 797. The van der Waals surface area contributed by atoms with Gasteiger partial charge in [0.15, 0.2) is 5.03 Å². The zero-order valence-corrected chi connectivity index (χ0v) is 13.2. The van der Waals surface area contributed by atoms with Crippen molar-refractivity contribution in [2.45, 2.75) is 16.8 Å². The summed E-state index contributed by atoms with van der Waals surface area (Å²) in [5.74, 6) is -0.747. The molecule has 1 aromatic carbocycles. The van der Waals surface area contributed by atoms with Crippen LogP contribution in [0.1, 0.15) is 15.9 Å². The van der Waals surface area contributed by atoms with Gasteiger partial charge in [0.2, 0.25) is 15.7 Å². The molecule has 0 fully saturated rings. The number of esters is 1. The van der Waals surface area contributed by atoms with Gasteiger partial charge in [-0.05, 0) is 31.2 Å². The fourth-order valence-corrected chi connectivity index (χ4v) is 3.02. The third-order valence-electron chi connectivity index (χ3n) is 3.04. The number of ether oxygens (including phenoxy) is 2. The Hall–Kier alpha value is -2.41. The predicted octanol–water partition coefficient (Wildman–Crippen LogP) is 2.02. The van der Waals surface area contributed by atoms with E-state index in [9.17, 15) is 13.2 Å². The van der Waals surface area contributed by atoms with E-state index in [-0.39, 0.29) is 21.4 Å². The van der Waals surface area contributed by atoms with Crippen molar-refractivity contribution in [1.29, 1.82) is 0 Å². The predicted molar refractivity (Wildman–Crippen MR) is 78.8 cm³/mol. The summed E-state index contributed by atoms with van der Waals surface area (Å²) in [6.07, 6.45) is 0. The third-order valence-corrected chi connectivity index (χ3v) is 4.71. The van der Waals surface area contributed by atoms with E-state index in [1.807, 2.05) is 6.92 Å². The lowest BCUT2D eigenvalue weighted by Crippen LogP contribution is -2.10. The van der Waals surface area contributed by atoms with Crippen LogP contribution in [-0.4, -0.2) is 33.6 Å². The van der Waals surface area contributed by atoms with E-state index in [1.54, 1.807) is 12.1 Å². The Kier molecular flexibility index (Phi) is 4.46. The van der Waals surface area contributed by atoms with Crippen LogP contribution in [0.15, 0.2) is 46.3 Å². The lowest BCUT2D eigenvalue weighted by atomic mass is 10.2. The van der Waals surface area contributed by atoms with Crippen LogP contribution < -0.4 is 4.74 Å². The third kappa shape index (κ3) is 2.94. The van der Waals surface area contributed by atoms with Gasteiger partial charge in [0.1, 0.15) is 5.56 Å². The highest BCUT2D eigenvalue weighted by atomic mass is 32.2. The van der Waals surface area contributed by atoms with Gasteiger partial charge in [0.05, 0.1) is 19.1 Å². The van der Waals surface area contributed by atoms with Gasteiger partial charge in [0.25, 0.3) is 0 Å².